The summed E-state index contributed by atoms with van der Waals surface area (Å²) in [7, 11) is -4.09. The fraction of sp³-hybridized carbons (Fsp3) is 0.571. The second kappa shape index (κ2) is 5.41. The van der Waals surface area contributed by atoms with E-state index in [-0.39, 0.29) is 23.8 Å². The molecule has 1 aliphatic heterocycles. The van der Waals surface area contributed by atoms with E-state index in [1.165, 1.54) is 0 Å². The van der Waals surface area contributed by atoms with E-state index < -0.39 is 20.7 Å². The van der Waals surface area contributed by atoms with Gasteiger partial charge >= 0.3 is 0 Å². The van der Waals surface area contributed by atoms with E-state index in [2.05, 4.69) is 4.90 Å². The van der Waals surface area contributed by atoms with Crippen LogP contribution < -0.4 is 0 Å². The smallest absolute Gasteiger partial charge is 0.217 e. The second-order valence-electron chi connectivity index (χ2n) is 5.47. The molecule has 1 aromatic carbocycles. The molecule has 0 spiro atoms. The lowest BCUT2D eigenvalue weighted by Gasteiger charge is -2.37. The summed E-state index contributed by atoms with van der Waals surface area (Å²) >= 11 is 0. The third kappa shape index (κ3) is 2.72. The van der Waals surface area contributed by atoms with Gasteiger partial charge in [0.15, 0.2) is 0 Å². The van der Waals surface area contributed by atoms with E-state index in [1.54, 1.807) is 0 Å². The molecule has 0 amide bonds. The van der Waals surface area contributed by atoms with Crippen LogP contribution in [0.1, 0.15) is 26.7 Å². The predicted molar refractivity (Wildman–Crippen MR) is 73.4 cm³/mol. The zero-order chi connectivity index (χ0) is 15.0. The maximum atomic E-state index is 14.9. The molecule has 0 bridgehead atoms. The Kier molecular flexibility index (Phi) is 4.16. The molecule has 0 atom stereocenters. The molecule has 6 heteroatoms. The van der Waals surface area contributed by atoms with Gasteiger partial charge in [-0.15, -0.1) is 0 Å². The van der Waals surface area contributed by atoms with Gasteiger partial charge in [0, 0.05) is 32.0 Å². The van der Waals surface area contributed by atoms with Crippen molar-refractivity contribution in [3.8, 4) is 0 Å². The van der Waals surface area contributed by atoms with Gasteiger partial charge in [0.05, 0.1) is 4.90 Å². The molecule has 2 rings (SSSR count). The van der Waals surface area contributed by atoms with Crippen LogP contribution in [0.5, 0.6) is 0 Å². The minimum atomic E-state index is -4.09. The Bertz CT molecular complexity index is 561. The lowest BCUT2D eigenvalue weighted by atomic mass is 10.1. The molecular weight excluding hydrogens is 284 g/mol. The monoisotopic (exact) mass is 303 g/mol. The number of likely N-dealkylation sites (tertiary alicyclic amines) is 1. The highest BCUT2D eigenvalue weighted by atomic mass is 32.2. The molecular formula is C14H19F2NO2S. The number of nitrogens with zero attached hydrogens (tertiary/aromatic N) is 1. The zero-order valence-corrected chi connectivity index (χ0v) is 12.5. The SMILES string of the molecule is CC(C)N1CCC(F)(S(=O)(=O)c2ccc(F)cc2)CC1. The van der Waals surface area contributed by atoms with Gasteiger partial charge < -0.3 is 4.90 Å². The Hall–Kier alpha value is -1.01. The van der Waals surface area contributed by atoms with Crippen molar-refractivity contribution in [1.29, 1.82) is 0 Å². The molecule has 0 saturated carbocycles. The second-order valence-corrected chi connectivity index (χ2v) is 7.68. The van der Waals surface area contributed by atoms with Crippen molar-refractivity contribution in [3.63, 3.8) is 0 Å². The predicted octanol–water partition coefficient (Wildman–Crippen LogP) is 2.77. The lowest BCUT2D eigenvalue weighted by molar-refractivity contribution is 0.0989. The summed E-state index contributed by atoms with van der Waals surface area (Å²) in [6.07, 6.45) is -0.101. The zero-order valence-electron chi connectivity index (χ0n) is 11.6. The Morgan fingerprint density at radius 2 is 1.65 bits per heavy atom. The van der Waals surface area contributed by atoms with Crippen LogP contribution in [0.2, 0.25) is 0 Å². The minimum absolute atomic E-state index is 0.0507. The van der Waals surface area contributed by atoms with Crippen LogP contribution in [0.4, 0.5) is 8.78 Å². The van der Waals surface area contributed by atoms with E-state index in [0.717, 1.165) is 24.3 Å². The standard InChI is InChI=1S/C14H19F2NO2S/c1-11(2)17-9-7-14(16,8-10-17)20(18,19)13-5-3-12(15)4-6-13/h3-6,11H,7-10H2,1-2H3. The summed E-state index contributed by atoms with van der Waals surface area (Å²) in [5.74, 6) is -0.536. The van der Waals surface area contributed by atoms with Gasteiger partial charge in [-0.05, 0) is 38.1 Å². The Balaban J connectivity index is 2.24. The summed E-state index contributed by atoms with van der Waals surface area (Å²) in [5, 5.41) is -2.25. The Labute approximate surface area is 118 Å². The van der Waals surface area contributed by atoms with E-state index in [0.29, 0.717) is 13.1 Å². The van der Waals surface area contributed by atoms with E-state index >= 15 is 0 Å². The molecule has 1 heterocycles. The van der Waals surface area contributed by atoms with Crippen molar-refractivity contribution >= 4 is 9.84 Å². The molecule has 0 unspecified atom stereocenters. The highest BCUT2D eigenvalue weighted by molar-refractivity contribution is 7.92. The van der Waals surface area contributed by atoms with Gasteiger partial charge in [0.2, 0.25) is 14.8 Å². The summed E-state index contributed by atoms with van der Waals surface area (Å²) in [4.78, 5) is 1.90. The van der Waals surface area contributed by atoms with Crippen molar-refractivity contribution in [1.82, 2.24) is 4.90 Å². The highest BCUT2D eigenvalue weighted by Gasteiger charge is 2.47. The molecule has 112 valence electrons. The number of piperidine rings is 1. The van der Waals surface area contributed by atoms with Gasteiger partial charge in [0.25, 0.3) is 0 Å². The number of hydrogen-bond donors (Lipinski definition) is 0. The lowest BCUT2D eigenvalue weighted by Crippen LogP contribution is -2.48. The highest BCUT2D eigenvalue weighted by Crippen LogP contribution is 2.37. The van der Waals surface area contributed by atoms with Crippen LogP contribution in [-0.4, -0.2) is 37.4 Å². The van der Waals surface area contributed by atoms with Crippen LogP contribution in [0.15, 0.2) is 29.2 Å². The fourth-order valence-electron chi connectivity index (χ4n) is 2.47. The van der Waals surface area contributed by atoms with Crippen molar-refractivity contribution in [2.75, 3.05) is 13.1 Å². The van der Waals surface area contributed by atoms with E-state index in [9.17, 15) is 17.2 Å². The van der Waals surface area contributed by atoms with Gasteiger partial charge in [-0.25, -0.2) is 17.2 Å². The topological polar surface area (TPSA) is 37.4 Å². The molecule has 20 heavy (non-hydrogen) atoms. The maximum Gasteiger partial charge on any atom is 0.217 e. The first-order valence-electron chi connectivity index (χ1n) is 6.69. The molecule has 1 aromatic rings. The van der Waals surface area contributed by atoms with Crippen LogP contribution in [0.25, 0.3) is 0 Å². The molecule has 3 nitrogen and oxygen atoms in total. The van der Waals surface area contributed by atoms with Gasteiger partial charge in [0.1, 0.15) is 5.82 Å². The number of hydrogen-bond acceptors (Lipinski definition) is 3. The fourth-order valence-corrected chi connectivity index (χ4v) is 4.10. The largest absolute Gasteiger partial charge is 0.301 e. The summed E-state index contributed by atoms with van der Waals surface area (Å²) in [6, 6.07) is 4.61. The number of rotatable bonds is 3. The normalized spacial score (nSPS) is 20.2. The van der Waals surface area contributed by atoms with E-state index in [4.69, 9.17) is 0 Å². The van der Waals surface area contributed by atoms with Gasteiger partial charge in [-0.1, -0.05) is 0 Å². The van der Waals surface area contributed by atoms with Crippen LogP contribution in [0, 0.1) is 5.82 Å². The average molecular weight is 303 g/mol. The number of benzene rings is 1. The van der Waals surface area contributed by atoms with Crippen molar-refractivity contribution in [2.24, 2.45) is 0 Å². The van der Waals surface area contributed by atoms with Crippen LogP contribution in [0.3, 0.4) is 0 Å². The molecule has 1 aliphatic rings. The van der Waals surface area contributed by atoms with Crippen molar-refractivity contribution in [2.45, 2.75) is 42.6 Å². The molecule has 0 radical (unpaired) electrons. The number of alkyl halides is 1. The first kappa shape index (κ1) is 15.4. The third-order valence-electron chi connectivity index (χ3n) is 3.88. The number of halogens is 2. The van der Waals surface area contributed by atoms with Crippen molar-refractivity contribution < 1.29 is 17.2 Å². The quantitative estimate of drug-likeness (QED) is 0.806. The first-order chi connectivity index (χ1) is 9.26. The van der Waals surface area contributed by atoms with Gasteiger partial charge in [-0.2, -0.15) is 0 Å². The number of sulfone groups is 1. The molecule has 1 saturated heterocycles. The van der Waals surface area contributed by atoms with Crippen molar-refractivity contribution in [3.05, 3.63) is 30.1 Å². The minimum Gasteiger partial charge on any atom is -0.301 e. The summed E-state index contributed by atoms with van der Waals surface area (Å²) in [5.41, 5.74) is 0. The van der Waals surface area contributed by atoms with Crippen LogP contribution >= 0.6 is 0 Å². The average Bonchev–Trinajstić information content (AvgIpc) is 2.39. The molecule has 1 fully saturated rings. The first-order valence-corrected chi connectivity index (χ1v) is 8.18. The third-order valence-corrected chi connectivity index (χ3v) is 6.14. The van der Waals surface area contributed by atoms with Gasteiger partial charge in [-0.3, -0.25) is 0 Å². The van der Waals surface area contributed by atoms with E-state index in [1.807, 2.05) is 13.8 Å². The summed E-state index contributed by atoms with van der Waals surface area (Å²) < 4.78 is 52.5. The Morgan fingerprint density at radius 3 is 2.10 bits per heavy atom. The molecule has 0 aromatic heterocycles. The van der Waals surface area contributed by atoms with Crippen LogP contribution in [-0.2, 0) is 9.84 Å². The summed E-state index contributed by atoms with van der Waals surface area (Å²) in [6.45, 7) is 4.82. The molecule has 0 N–H and O–H groups in total. The maximum absolute atomic E-state index is 14.9. The Morgan fingerprint density at radius 1 is 1.15 bits per heavy atom. The molecule has 0 aliphatic carbocycles.